The largest absolute Gasteiger partial charge is 0.310 e. The minimum Gasteiger partial charge on any atom is -0.310 e. The molecule has 0 unspecified atom stereocenters. The van der Waals surface area contributed by atoms with Gasteiger partial charge in [0, 0.05) is 37.2 Å². The molecule has 126 valence electrons. The summed E-state index contributed by atoms with van der Waals surface area (Å²) >= 11 is 12.3. The zero-order valence-electron chi connectivity index (χ0n) is 13.1. The Morgan fingerprint density at radius 3 is 2.71 bits per heavy atom. The normalized spacial score (nSPS) is 17.8. The van der Waals surface area contributed by atoms with Crippen molar-refractivity contribution in [3.8, 4) is 0 Å². The van der Waals surface area contributed by atoms with E-state index < -0.39 is 0 Å². The topological polar surface area (TPSA) is 74.8 Å². The molecule has 0 atom stereocenters. The summed E-state index contributed by atoms with van der Waals surface area (Å²) in [5.41, 5.74) is 2.39. The van der Waals surface area contributed by atoms with Gasteiger partial charge < -0.3 is 4.98 Å². The molecule has 1 aliphatic carbocycles. The fraction of sp³-hybridized carbons (Fsp3) is 0.500. The zero-order valence-corrected chi connectivity index (χ0v) is 14.6. The minimum absolute atomic E-state index is 0.00871. The Bertz CT molecular complexity index is 813. The van der Waals surface area contributed by atoms with Crippen molar-refractivity contribution in [3.05, 3.63) is 49.6 Å². The van der Waals surface area contributed by atoms with Crippen LogP contribution in [0.5, 0.6) is 0 Å². The highest BCUT2D eigenvalue weighted by Gasteiger charge is 2.26. The average Bonchev–Trinajstić information content (AvgIpc) is 3.35. The van der Waals surface area contributed by atoms with Crippen LogP contribution in [0.4, 0.5) is 0 Å². The van der Waals surface area contributed by atoms with Gasteiger partial charge in [-0.05, 0) is 25.2 Å². The molecule has 0 amide bonds. The number of hydrogen-bond acceptors (Lipinski definition) is 5. The van der Waals surface area contributed by atoms with Gasteiger partial charge in [-0.3, -0.25) is 9.69 Å². The van der Waals surface area contributed by atoms with Gasteiger partial charge in [-0.25, -0.2) is 15.0 Å². The summed E-state index contributed by atoms with van der Waals surface area (Å²) in [6, 6.07) is 0. The Morgan fingerprint density at radius 2 is 2.00 bits per heavy atom. The van der Waals surface area contributed by atoms with Crippen molar-refractivity contribution in [3.63, 3.8) is 0 Å². The van der Waals surface area contributed by atoms with E-state index in [1.165, 1.54) is 19.2 Å². The van der Waals surface area contributed by atoms with Crippen LogP contribution in [-0.2, 0) is 25.9 Å². The van der Waals surface area contributed by atoms with Crippen LogP contribution in [-0.4, -0.2) is 31.4 Å². The molecule has 2 aromatic heterocycles. The maximum absolute atomic E-state index is 12.3. The fourth-order valence-electron chi connectivity index (χ4n) is 3.10. The molecule has 1 N–H and O–H groups in total. The van der Waals surface area contributed by atoms with E-state index in [0.29, 0.717) is 41.3 Å². The SMILES string of the molecule is O=c1[nH]c(CC2CC2)nc2c1CCN(Cc1c(Cl)ncnc1Cl)C2. The molecule has 0 saturated heterocycles. The monoisotopic (exact) mass is 365 g/mol. The molecule has 2 aliphatic rings. The van der Waals surface area contributed by atoms with Crippen LogP contribution in [0.3, 0.4) is 0 Å². The van der Waals surface area contributed by atoms with Crippen molar-refractivity contribution in [2.45, 2.75) is 38.8 Å². The summed E-state index contributed by atoms with van der Waals surface area (Å²) in [7, 11) is 0. The van der Waals surface area contributed by atoms with E-state index in [1.54, 1.807) is 0 Å². The first-order valence-electron chi connectivity index (χ1n) is 8.08. The van der Waals surface area contributed by atoms with Crippen LogP contribution in [0.25, 0.3) is 0 Å². The van der Waals surface area contributed by atoms with E-state index in [-0.39, 0.29) is 5.56 Å². The van der Waals surface area contributed by atoms with Gasteiger partial charge in [0.1, 0.15) is 22.5 Å². The highest BCUT2D eigenvalue weighted by atomic mass is 35.5. The molecular formula is C16H17Cl2N5O. The highest BCUT2D eigenvalue weighted by molar-refractivity contribution is 6.34. The van der Waals surface area contributed by atoms with Crippen molar-refractivity contribution in [2.24, 2.45) is 5.92 Å². The summed E-state index contributed by atoms with van der Waals surface area (Å²) in [5, 5.41) is 0.739. The quantitative estimate of drug-likeness (QED) is 0.841. The number of aromatic nitrogens is 4. The second kappa shape index (κ2) is 6.43. The molecule has 1 saturated carbocycles. The summed E-state index contributed by atoms with van der Waals surface area (Å²) < 4.78 is 0. The molecule has 3 heterocycles. The number of H-pyrrole nitrogens is 1. The summed E-state index contributed by atoms with van der Waals surface area (Å²) in [4.78, 5) is 30.1. The lowest BCUT2D eigenvalue weighted by Gasteiger charge is -2.28. The molecular weight excluding hydrogens is 349 g/mol. The van der Waals surface area contributed by atoms with Crippen LogP contribution < -0.4 is 5.56 Å². The number of rotatable bonds is 4. The molecule has 6 nitrogen and oxygen atoms in total. The van der Waals surface area contributed by atoms with Gasteiger partial charge in [0.2, 0.25) is 0 Å². The average molecular weight is 366 g/mol. The van der Waals surface area contributed by atoms with E-state index in [2.05, 4.69) is 19.9 Å². The van der Waals surface area contributed by atoms with Crippen LogP contribution in [0, 0.1) is 5.92 Å². The van der Waals surface area contributed by atoms with Crippen molar-refractivity contribution in [2.75, 3.05) is 6.54 Å². The van der Waals surface area contributed by atoms with E-state index >= 15 is 0 Å². The molecule has 1 aliphatic heterocycles. The third-order valence-electron chi connectivity index (χ3n) is 4.60. The summed E-state index contributed by atoms with van der Waals surface area (Å²) in [6.45, 7) is 1.91. The molecule has 1 fully saturated rings. The lowest BCUT2D eigenvalue weighted by molar-refractivity contribution is 0.239. The Hall–Kier alpha value is -1.50. The van der Waals surface area contributed by atoms with Gasteiger partial charge in [-0.15, -0.1) is 0 Å². The third-order valence-corrected chi connectivity index (χ3v) is 5.25. The Morgan fingerprint density at radius 1 is 1.25 bits per heavy atom. The first-order valence-corrected chi connectivity index (χ1v) is 8.84. The van der Waals surface area contributed by atoms with Crippen molar-refractivity contribution in [1.82, 2.24) is 24.8 Å². The molecule has 0 aromatic carbocycles. The molecule has 2 aromatic rings. The summed E-state index contributed by atoms with van der Waals surface area (Å²) in [5.74, 6) is 1.49. The third kappa shape index (κ3) is 3.31. The Balaban J connectivity index is 1.56. The van der Waals surface area contributed by atoms with Crippen LogP contribution in [0.15, 0.2) is 11.1 Å². The second-order valence-corrected chi connectivity index (χ2v) is 7.20. The fourth-order valence-corrected chi connectivity index (χ4v) is 3.53. The first kappa shape index (κ1) is 16.0. The van der Waals surface area contributed by atoms with Gasteiger partial charge in [0.25, 0.3) is 5.56 Å². The van der Waals surface area contributed by atoms with Crippen molar-refractivity contribution < 1.29 is 0 Å². The molecule has 0 spiro atoms. The van der Waals surface area contributed by atoms with Crippen LogP contribution in [0.2, 0.25) is 10.3 Å². The second-order valence-electron chi connectivity index (χ2n) is 6.48. The number of nitrogens with one attached hydrogen (secondary N) is 1. The van der Waals surface area contributed by atoms with Crippen molar-refractivity contribution in [1.29, 1.82) is 0 Å². The van der Waals surface area contributed by atoms with Gasteiger partial charge >= 0.3 is 0 Å². The molecule has 0 bridgehead atoms. The lowest BCUT2D eigenvalue weighted by Crippen LogP contribution is -2.35. The predicted molar refractivity (Wildman–Crippen MR) is 91.2 cm³/mol. The first-order chi connectivity index (χ1) is 11.6. The van der Waals surface area contributed by atoms with Gasteiger partial charge in [-0.2, -0.15) is 0 Å². The number of halogens is 2. The highest BCUT2D eigenvalue weighted by Crippen LogP contribution is 2.31. The molecule has 24 heavy (non-hydrogen) atoms. The molecule has 8 heteroatoms. The van der Waals surface area contributed by atoms with E-state index in [1.807, 2.05) is 0 Å². The summed E-state index contributed by atoms with van der Waals surface area (Å²) in [6.07, 6.45) is 5.36. The molecule has 0 radical (unpaired) electrons. The number of fused-ring (bicyclic) bond motifs is 1. The Kier molecular flexibility index (Phi) is 4.28. The van der Waals surface area contributed by atoms with E-state index in [9.17, 15) is 4.79 Å². The van der Waals surface area contributed by atoms with E-state index in [4.69, 9.17) is 28.2 Å². The standard InChI is InChI=1S/C16H17Cl2N5O/c17-14-11(15(18)20-8-19-14)6-23-4-3-10-12(7-23)21-13(22-16(10)24)5-9-1-2-9/h8-9H,1-7H2,(H,21,22,24). The van der Waals surface area contributed by atoms with Gasteiger partial charge in [0.05, 0.1) is 5.69 Å². The maximum Gasteiger partial charge on any atom is 0.254 e. The van der Waals surface area contributed by atoms with Crippen LogP contribution >= 0.6 is 23.2 Å². The number of nitrogens with zero attached hydrogens (tertiary/aromatic N) is 4. The van der Waals surface area contributed by atoms with Gasteiger partial charge in [0.15, 0.2) is 0 Å². The Labute approximate surface area is 149 Å². The number of hydrogen-bond donors (Lipinski definition) is 1. The minimum atomic E-state index is 0.00871. The lowest BCUT2D eigenvalue weighted by atomic mass is 10.1. The predicted octanol–water partition coefficient (Wildman–Crippen LogP) is 2.38. The molecule has 4 rings (SSSR count). The van der Waals surface area contributed by atoms with Crippen molar-refractivity contribution >= 4 is 23.2 Å². The van der Waals surface area contributed by atoms with E-state index in [0.717, 1.165) is 30.0 Å². The van der Waals surface area contributed by atoms with Gasteiger partial charge in [-0.1, -0.05) is 23.2 Å². The zero-order chi connectivity index (χ0) is 16.7. The number of aromatic amines is 1. The van der Waals surface area contributed by atoms with Crippen LogP contribution in [0.1, 0.15) is 35.5 Å². The smallest absolute Gasteiger partial charge is 0.254 e. The maximum atomic E-state index is 12.3.